The molecule has 2 rings (SSSR count). The molecule has 1 aliphatic rings. The smallest absolute Gasteiger partial charge is 0.128 e. The van der Waals surface area contributed by atoms with Crippen LogP contribution in [0, 0.1) is 17.1 Å². The summed E-state index contributed by atoms with van der Waals surface area (Å²) in [6.07, 6.45) is 3.44. The van der Waals surface area contributed by atoms with Crippen molar-refractivity contribution in [3.05, 3.63) is 58.7 Å². The van der Waals surface area contributed by atoms with Crippen molar-refractivity contribution in [3.8, 4) is 6.07 Å². The van der Waals surface area contributed by atoms with E-state index in [1.807, 2.05) is 13.0 Å². The molecular weight excluding hydrogens is 220 g/mol. The molecule has 0 aromatic heterocycles. The lowest BCUT2D eigenvalue weighted by molar-refractivity contribution is 0.510. The third-order valence-electron chi connectivity index (χ3n) is 2.91. The maximum atomic E-state index is 13.8. The van der Waals surface area contributed by atoms with Gasteiger partial charge in [-0.15, -0.1) is 0 Å². The summed E-state index contributed by atoms with van der Waals surface area (Å²) in [5.41, 5.74) is 1.34. The van der Waals surface area contributed by atoms with Crippen LogP contribution in [0.15, 0.2) is 41.8 Å². The predicted molar refractivity (Wildman–Crippen MR) is 61.4 cm³/mol. The summed E-state index contributed by atoms with van der Waals surface area (Å²) in [7, 11) is 0. The predicted octanol–water partition coefficient (Wildman–Crippen LogP) is 3.98. The number of hydrogen-bond donors (Lipinski definition) is 0. The number of allylic oxidation sites excluding steroid dienone is 4. The van der Waals surface area contributed by atoms with Gasteiger partial charge in [0.15, 0.2) is 0 Å². The van der Waals surface area contributed by atoms with E-state index < -0.39 is 17.6 Å². The molecule has 1 aromatic rings. The van der Waals surface area contributed by atoms with Gasteiger partial charge in [0.1, 0.15) is 11.6 Å². The fourth-order valence-electron chi connectivity index (χ4n) is 2.05. The van der Waals surface area contributed by atoms with Crippen molar-refractivity contribution in [1.82, 2.24) is 0 Å². The zero-order valence-electron chi connectivity index (χ0n) is 9.37. The van der Waals surface area contributed by atoms with E-state index in [0.717, 1.165) is 5.57 Å². The molecule has 0 heterocycles. The summed E-state index contributed by atoms with van der Waals surface area (Å²) in [5, 5.41) is 8.95. The first-order valence-electron chi connectivity index (χ1n) is 5.35. The molecule has 0 fully saturated rings. The van der Waals surface area contributed by atoms with Crippen molar-refractivity contribution in [2.45, 2.75) is 19.3 Å². The lowest BCUT2D eigenvalue weighted by atomic mass is 9.85. The fourth-order valence-corrected chi connectivity index (χ4v) is 2.05. The van der Waals surface area contributed by atoms with Crippen molar-refractivity contribution >= 4 is 0 Å². The first-order valence-corrected chi connectivity index (χ1v) is 5.35. The quantitative estimate of drug-likeness (QED) is 0.717. The zero-order valence-corrected chi connectivity index (χ0v) is 9.37. The van der Waals surface area contributed by atoms with E-state index in [9.17, 15) is 8.78 Å². The lowest BCUT2D eigenvalue weighted by Gasteiger charge is -2.20. The second-order valence-corrected chi connectivity index (χ2v) is 4.13. The van der Waals surface area contributed by atoms with Gasteiger partial charge in [0, 0.05) is 11.5 Å². The molecule has 3 heteroatoms. The van der Waals surface area contributed by atoms with Gasteiger partial charge in [0.2, 0.25) is 0 Å². The van der Waals surface area contributed by atoms with Gasteiger partial charge in [-0.1, -0.05) is 17.7 Å². The minimum absolute atomic E-state index is 0.163. The number of rotatable bonds is 1. The Morgan fingerprint density at radius 3 is 2.76 bits per heavy atom. The first kappa shape index (κ1) is 11.5. The minimum Gasteiger partial charge on any atom is -0.211 e. The maximum Gasteiger partial charge on any atom is 0.128 e. The van der Waals surface area contributed by atoms with Crippen LogP contribution in [0.3, 0.4) is 0 Å². The monoisotopic (exact) mass is 231 g/mol. The van der Waals surface area contributed by atoms with Crippen LogP contribution in [0.5, 0.6) is 0 Å². The third kappa shape index (κ3) is 2.12. The Bertz CT molecular complexity index is 550. The van der Waals surface area contributed by atoms with Gasteiger partial charge in [0.05, 0.1) is 11.6 Å². The standard InChI is InChI=1S/C14H11F2N/c1-9-5-6-12(15)11(7-9)14-10(8-17)3-2-4-13(14)16/h2-6,11H,7H2,1H3. The molecule has 0 saturated heterocycles. The van der Waals surface area contributed by atoms with E-state index in [0.29, 0.717) is 6.42 Å². The fraction of sp³-hybridized carbons (Fsp3) is 0.214. The topological polar surface area (TPSA) is 23.8 Å². The summed E-state index contributed by atoms with van der Waals surface area (Å²) in [4.78, 5) is 0. The van der Waals surface area contributed by atoms with E-state index in [4.69, 9.17) is 5.26 Å². The van der Waals surface area contributed by atoms with Crippen molar-refractivity contribution in [2.24, 2.45) is 0 Å². The van der Waals surface area contributed by atoms with Gasteiger partial charge >= 0.3 is 0 Å². The number of benzene rings is 1. The molecule has 0 saturated carbocycles. The summed E-state index contributed by atoms with van der Waals surface area (Å²) in [6, 6.07) is 6.15. The zero-order chi connectivity index (χ0) is 12.4. The molecule has 0 aliphatic heterocycles. The van der Waals surface area contributed by atoms with E-state index in [2.05, 4.69) is 0 Å². The summed E-state index contributed by atoms with van der Waals surface area (Å²) in [6.45, 7) is 1.86. The van der Waals surface area contributed by atoms with E-state index >= 15 is 0 Å². The van der Waals surface area contributed by atoms with Crippen molar-refractivity contribution < 1.29 is 8.78 Å². The van der Waals surface area contributed by atoms with Crippen LogP contribution in [-0.4, -0.2) is 0 Å². The van der Waals surface area contributed by atoms with E-state index in [-0.39, 0.29) is 11.1 Å². The SMILES string of the molecule is CC1=CC=C(F)C(c2c(F)cccc2C#N)C1. The molecule has 1 nitrogen and oxygen atoms in total. The number of nitrogens with zero attached hydrogens (tertiary/aromatic N) is 1. The molecule has 0 spiro atoms. The molecule has 17 heavy (non-hydrogen) atoms. The molecule has 1 aliphatic carbocycles. The highest BCUT2D eigenvalue weighted by atomic mass is 19.1. The Morgan fingerprint density at radius 1 is 1.29 bits per heavy atom. The number of hydrogen-bond acceptors (Lipinski definition) is 1. The average Bonchev–Trinajstić information content (AvgIpc) is 2.32. The highest BCUT2D eigenvalue weighted by Crippen LogP contribution is 2.37. The van der Waals surface area contributed by atoms with Crippen molar-refractivity contribution in [1.29, 1.82) is 5.26 Å². The summed E-state index contributed by atoms with van der Waals surface area (Å²) in [5.74, 6) is -1.58. The van der Waals surface area contributed by atoms with Crippen LogP contribution >= 0.6 is 0 Å². The van der Waals surface area contributed by atoms with Gasteiger partial charge in [-0.2, -0.15) is 5.26 Å². The first-order chi connectivity index (χ1) is 8.13. The van der Waals surface area contributed by atoms with Crippen LogP contribution in [0.1, 0.15) is 30.4 Å². The highest BCUT2D eigenvalue weighted by molar-refractivity contribution is 5.45. The molecular formula is C14H11F2N. The van der Waals surface area contributed by atoms with Gasteiger partial charge in [-0.3, -0.25) is 0 Å². The van der Waals surface area contributed by atoms with Crippen LogP contribution < -0.4 is 0 Å². The molecule has 0 radical (unpaired) electrons. The lowest BCUT2D eigenvalue weighted by Crippen LogP contribution is -2.08. The Hall–Kier alpha value is -1.95. The normalized spacial score (nSPS) is 19.3. The second kappa shape index (κ2) is 4.50. The van der Waals surface area contributed by atoms with Crippen LogP contribution in [-0.2, 0) is 0 Å². The Labute approximate surface area is 98.7 Å². The van der Waals surface area contributed by atoms with Crippen LogP contribution in [0.4, 0.5) is 8.78 Å². The Morgan fingerprint density at radius 2 is 2.06 bits per heavy atom. The van der Waals surface area contributed by atoms with Crippen LogP contribution in [0.2, 0.25) is 0 Å². The molecule has 0 N–H and O–H groups in total. The van der Waals surface area contributed by atoms with E-state index in [1.165, 1.54) is 24.3 Å². The minimum atomic E-state index is -0.671. The molecule has 1 atom stereocenters. The molecule has 0 amide bonds. The highest BCUT2D eigenvalue weighted by Gasteiger charge is 2.25. The van der Waals surface area contributed by atoms with Gasteiger partial charge in [-0.05, 0) is 31.6 Å². The van der Waals surface area contributed by atoms with Gasteiger partial charge in [-0.25, -0.2) is 8.78 Å². The van der Waals surface area contributed by atoms with Crippen molar-refractivity contribution in [3.63, 3.8) is 0 Å². The number of nitriles is 1. The number of halogens is 2. The third-order valence-corrected chi connectivity index (χ3v) is 2.91. The average molecular weight is 231 g/mol. The maximum absolute atomic E-state index is 13.8. The second-order valence-electron chi connectivity index (χ2n) is 4.13. The summed E-state index contributed by atoms with van der Waals surface area (Å²) >= 11 is 0. The van der Waals surface area contributed by atoms with E-state index in [1.54, 1.807) is 6.08 Å². The van der Waals surface area contributed by atoms with Crippen molar-refractivity contribution in [2.75, 3.05) is 0 Å². The summed E-state index contributed by atoms with van der Waals surface area (Å²) < 4.78 is 27.5. The van der Waals surface area contributed by atoms with Crippen LogP contribution in [0.25, 0.3) is 0 Å². The molecule has 86 valence electrons. The molecule has 1 aromatic carbocycles. The van der Waals surface area contributed by atoms with Gasteiger partial charge < -0.3 is 0 Å². The van der Waals surface area contributed by atoms with Gasteiger partial charge in [0.25, 0.3) is 0 Å². The largest absolute Gasteiger partial charge is 0.211 e. The molecule has 0 bridgehead atoms. The Kier molecular flexibility index (Phi) is 3.06. The molecule has 1 unspecified atom stereocenters. The Balaban J connectivity index is 2.52.